The minimum atomic E-state index is 0.104. The standard InChI is InChI=1S/C8H12N2O/c11-5-8-3-9-6-10(8)4-7-1-2-7/h3,6-7,11H,1-2,4-5H2. The van der Waals surface area contributed by atoms with Crippen molar-refractivity contribution in [2.75, 3.05) is 0 Å². The number of aliphatic hydroxyl groups excluding tert-OH is 1. The minimum absolute atomic E-state index is 0.104. The van der Waals surface area contributed by atoms with Crippen LogP contribution in [0.5, 0.6) is 0 Å². The summed E-state index contributed by atoms with van der Waals surface area (Å²) in [7, 11) is 0. The monoisotopic (exact) mass is 152 g/mol. The number of aromatic nitrogens is 2. The van der Waals surface area contributed by atoms with Gasteiger partial charge in [-0.2, -0.15) is 0 Å². The highest BCUT2D eigenvalue weighted by Crippen LogP contribution is 2.30. The maximum Gasteiger partial charge on any atom is 0.0948 e. The average molecular weight is 152 g/mol. The van der Waals surface area contributed by atoms with Crippen LogP contribution in [0, 0.1) is 5.92 Å². The van der Waals surface area contributed by atoms with Gasteiger partial charge in [0.15, 0.2) is 0 Å². The Labute approximate surface area is 65.7 Å². The molecule has 3 heteroatoms. The second-order valence-corrected chi connectivity index (χ2v) is 3.14. The number of rotatable bonds is 3. The number of aliphatic hydroxyl groups is 1. The molecule has 1 fully saturated rings. The Hall–Kier alpha value is -0.830. The van der Waals surface area contributed by atoms with Gasteiger partial charge in [0.25, 0.3) is 0 Å². The molecule has 60 valence electrons. The van der Waals surface area contributed by atoms with E-state index < -0.39 is 0 Å². The Morgan fingerprint density at radius 3 is 3.09 bits per heavy atom. The van der Waals surface area contributed by atoms with Crippen LogP contribution in [0.3, 0.4) is 0 Å². The summed E-state index contributed by atoms with van der Waals surface area (Å²) >= 11 is 0. The summed E-state index contributed by atoms with van der Waals surface area (Å²) < 4.78 is 2.04. The second kappa shape index (κ2) is 2.66. The van der Waals surface area contributed by atoms with Gasteiger partial charge in [0.2, 0.25) is 0 Å². The van der Waals surface area contributed by atoms with Gasteiger partial charge >= 0.3 is 0 Å². The van der Waals surface area contributed by atoms with Crippen molar-refractivity contribution < 1.29 is 5.11 Å². The van der Waals surface area contributed by atoms with Crippen molar-refractivity contribution in [2.24, 2.45) is 5.92 Å². The van der Waals surface area contributed by atoms with Gasteiger partial charge in [-0.1, -0.05) is 0 Å². The third kappa shape index (κ3) is 1.43. The van der Waals surface area contributed by atoms with E-state index in [1.807, 2.05) is 4.57 Å². The van der Waals surface area contributed by atoms with Crippen molar-refractivity contribution in [3.8, 4) is 0 Å². The van der Waals surface area contributed by atoms with E-state index in [0.717, 1.165) is 18.2 Å². The average Bonchev–Trinajstić information content (AvgIpc) is 2.68. The smallest absolute Gasteiger partial charge is 0.0948 e. The lowest BCUT2D eigenvalue weighted by Crippen LogP contribution is -2.02. The number of nitrogens with zero attached hydrogens (tertiary/aromatic N) is 2. The molecule has 1 aliphatic carbocycles. The zero-order chi connectivity index (χ0) is 7.68. The molecule has 0 amide bonds. The lowest BCUT2D eigenvalue weighted by molar-refractivity contribution is 0.269. The summed E-state index contributed by atoms with van der Waals surface area (Å²) in [5, 5.41) is 8.88. The van der Waals surface area contributed by atoms with Crippen LogP contribution in [0.2, 0.25) is 0 Å². The van der Waals surface area contributed by atoms with Crippen molar-refractivity contribution in [3.05, 3.63) is 18.2 Å². The van der Waals surface area contributed by atoms with E-state index in [2.05, 4.69) is 4.98 Å². The highest BCUT2D eigenvalue weighted by Gasteiger charge is 2.22. The van der Waals surface area contributed by atoms with Crippen LogP contribution in [-0.2, 0) is 13.2 Å². The van der Waals surface area contributed by atoms with Gasteiger partial charge in [0.1, 0.15) is 0 Å². The van der Waals surface area contributed by atoms with Gasteiger partial charge < -0.3 is 9.67 Å². The molecule has 0 unspecified atom stereocenters. The first kappa shape index (κ1) is 6.85. The molecule has 11 heavy (non-hydrogen) atoms. The molecule has 3 nitrogen and oxygen atoms in total. The van der Waals surface area contributed by atoms with Gasteiger partial charge in [-0.05, 0) is 18.8 Å². The molecule has 2 rings (SSSR count). The fourth-order valence-electron chi connectivity index (χ4n) is 1.22. The van der Waals surface area contributed by atoms with E-state index in [1.165, 1.54) is 12.8 Å². The minimum Gasteiger partial charge on any atom is -0.390 e. The van der Waals surface area contributed by atoms with Gasteiger partial charge in [-0.25, -0.2) is 4.98 Å². The van der Waals surface area contributed by atoms with Crippen LogP contribution in [0.4, 0.5) is 0 Å². The van der Waals surface area contributed by atoms with Crippen LogP contribution in [-0.4, -0.2) is 14.7 Å². The van der Waals surface area contributed by atoms with E-state index in [4.69, 9.17) is 5.11 Å². The summed E-state index contributed by atoms with van der Waals surface area (Å²) in [6, 6.07) is 0. The normalized spacial score (nSPS) is 17.2. The predicted octanol–water partition coefficient (Wildman–Crippen LogP) is 0.785. The van der Waals surface area contributed by atoms with Crippen molar-refractivity contribution >= 4 is 0 Å². The van der Waals surface area contributed by atoms with Crippen LogP contribution >= 0.6 is 0 Å². The maximum absolute atomic E-state index is 8.88. The SMILES string of the molecule is OCc1cncn1CC1CC1. The molecule has 0 aliphatic heterocycles. The molecular formula is C8H12N2O. The molecule has 0 radical (unpaired) electrons. The van der Waals surface area contributed by atoms with Crippen LogP contribution in [0.25, 0.3) is 0 Å². The van der Waals surface area contributed by atoms with Crippen LogP contribution < -0.4 is 0 Å². The Balaban J connectivity index is 2.07. The third-order valence-electron chi connectivity index (χ3n) is 2.11. The third-order valence-corrected chi connectivity index (χ3v) is 2.11. The van der Waals surface area contributed by atoms with Crippen molar-refractivity contribution in [3.63, 3.8) is 0 Å². The van der Waals surface area contributed by atoms with Crippen molar-refractivity contribution in [2.45, 2.75) is 26.0 Å². The first-order chi connectivity index (χ1) is 5.40. The fourth-order valence-corrected chi connectivity index (χ4v) is 1.22. The highest BCUT2D eigenvalue weighted by molar-refractivity contribution is 4.97. The fraction of sp³-hybridized carbons (Fsp3) is 0.625. The molecule has 0 aromatic carbocycles. The van der Waals surface area contributed by atoms with Gasteiger partial charge in [0.05, 0.1) is 24.8 Å². The van der Waals surface area contributed by atoms with Gasteiger partial charge in [-0.15, -0.1) is 0 Å². The molecule has 0 spiro atoms. The molecule has 1 aromatic rings. The Kier molecular flexibility index (Phi) is 1.66. The molecule has 0 atom stereocenters. The molecule has 1 heterocycles. The predicted molar refractivity (Wildman–Crippen MR) is 40.9 cm³/mol. The molecular weight excluding hydrogens is 140 g/mol. The maximum atomic E-state index is 8.88. The van der Waals surface area contributed by atoms with Gasteiger partial charge in [-0.3, -0.25) is 0 Å². The first-order valence-corrected chi connectivity index (χ1v) is 4.00. The molecule has 1 saturated carbocycles. The summed E-state index contributed by atoms with van der Waals surface area (Å²) in [5.41, 5.74) is 0.928. The quantitative estimate of drug-likeness (QED) is 0.695. The summed E-state index contributed by atoms with van der Waals surface area (Å²) in [6.45, 7) is 1.14. The summed E-state index contributed by atoms with van der Waals surface area (Å²) in [5.74, 6) is 0.842. The lowest BCUT2D eigenvalue weighted by Gasteiger charge is -2.02. The zero-order valence-corrected chi connectivity index (χ0v) is 6.40. The van der Waals surface area contributed by atoms with Crippen LogP contribution in [0.1, 0.15) is 18.5 Å². The van der Waals surface area contributed by atoms with E-state index in [1.54, 1.807) is 12.5 Å². The molecule has 0 bridgehead atoms. The van der Waals surface area contributed by atoms with E-state index in [9.17, 15) is 0 Å². The Morgan fingerprint density at radius 1 is 1.64 bits per heavy atom. The number of hydrogen-bond acceptors (Lipinski definition) is 2. The number of hydrogen-bond donors (Lipinski definition) is 1. The van der Waals surface area contributed by atoms with E-state index in [0.29, 0.717) is 0 Å². The first-order valence-electron chi connectivity index (χ1n) is 4.00. The highest BCUT2D eigenvalue weighted by atomic mass is 16.3. The second-order valence-electron chi connectivity index (χ2n) is 3.14. The number of imidazole rings is 1. The van der Waals surface area contributed by atoms with Crippen molar-refractivity contribution in [1.29, 1.82) is 0 Å². The summed E-state index contributed by atoms with van der Waals surface area (Å²) in [6.07, 6.45) is 6.19. The zero-order valence-electron chi connectivity index (χ0n) is 6.40. The van der Waals surface area contributed by atoms with E-state index >= 15 is 0 Å². The summed E-state index contributed by atoms with van der Waals surface area (Å²) in [4.78, 5) is 3.98. The van der Waals surface area contributed by atoms with E-state index in [-0.39, 0.29) is 6.61 Å². The lowest BCUT2D eigenvalue weighted by atomic mass is 10.4. The molecule has 1 N–H and O–H groups in total. The Bertz CT molecular complexity index is 240. The van der Waals surface area contributed by atoms with Gasteiger partial charge in [0, 0.05) is 6.54 Å². The van der Waals surface area contributed by atoms with Crippen molar-refractivity contribution in [1.82, 2.24) is 9.55 Å². The van der Waals surface area contributed by atoms with Crippen LogP contribution in [0.15, 0.2) is 12.5 Å². The molecule has 1 aliphatic rings. The molecule has 1 aromatic heterocycles. The molecule has 0 saturated heterocycles. The Morgan fingerprint density at radius 2 is 2.45 bits per heavy atom. The topological polar surface area (TPSA) is 38.1 Å². The largest absolute Gasteiger partial charge is 0.390 e.